The van der Waals surface area contributed by atoms with Crippen LogP contribution in [-0.4, -0.2) is 39.3 Å². The summed E-state index contributed by atoms with van der Waals surface area (Å²) in [4.78, 5) is 12.5. The van der Waals surface area contributed by atoms with Crippen molar-refractivity contribution in [2.75, 3.05) is 18.9 Å². The van der Waals surface area contributed by atoms with Gasteiger partial charge < -0.3 is 10.1 Å². The topological polar surface area (TPSA) is 56.1 Å². The Kier molecular flexibility index (Phi) is 4.26. The largest absolute Gasteiger partial charge is 0.373 e. The van der Waals surface area contributed by atoms with Crippen LogP contribution in [0.5, 0.6) is 0 Å². The molecule has 1 amide bonds. The van der Waals surface area contributed by atoms with Crippen molar-refractivity contribution in [3.8, 4) is 0 Å². The van der Waals surface area contributed by atoms with Crippen molar-refractivity contribution in [3.05, 3.63) is 18.0 Å². The Hall–Kier alpha value is -1.01. The van der Waals surface area contributed by atoms with Gasteiger partial charge in [-0.25, -0.2) is 0 Å². The van der Waals surface area contributed by atoms with Crippen LogP contribution < -0.4 is 5.32 Å². The van der Waals surface area contributed by atoms with E-state index >= 15 is 0 Å². The van der Waals surface area contributed by atoms with E-state index in [1.54, 1.807) is 10.9 Å². The maximum absolute atomic E-state index is 12.5. The molecular formula is C15H23N3O2S. The Labute approximate surface area is 129 Å². The van der Waals surface area contributed by atoms with Crippen LogP contribution in [0.2, 0.25) is 0 Å². The second kappa shape index (κ2) is 6.01. The summed E-state index contributed by atoms with van der Waals surface area (Å²) in [6, 6.07) is 0. The molecule has 116 valence electrons. The average Bonchev–Trinajstić information content (AvgIpc) is 3.16. The number of amides is 1. The summed E-state index contributed by atoms with van der Waals surface area (Å²) in [7, 11) is 1.88. The molecule has 0 spiro atoms. The van der Waals surface area contributed by atoms with Crippen molar-refractivity contribution in [3.63, 3.8) is 0 Å². The molecule has 6 heteroatoms. The molecule has 21 heavy (non-hydrogen) atoms. The maximum Gasteiger partial charge on any atom is 0.226 e. The fourth-order valence-corrected chi connectivity index (χ4v) is 4.40. The number of ether oxygens (including phenoxy) is 1. The normalized spacial score (nSPS) is 32.5. The highest BCUT2D eigenvalue weighted by molar-refractivity contribution is 8.00. The summed E-state index contributed by atoms with van der Waals surface area (Å²) in [5, 5.41) is 7.32. The smallest absolute Gasteiger partial charge is 0.226 e. The van der Waals surface area contributed by atoms with Crippen LogP contribution in [0.15, 0.2) is 12.4 Å². The number of carbonyl (C=O) groups excluding carboxylic acids is 1. The van der Waals surface area contributed by atoms with E-state index in [0.29, 0.717) is 6.61 Å². The van der Waals surface area contributed by atoms with E-state index in [2.05, 4.69) is 17.3 Å². The molecule has 0 unspecified atom stereocenters. The summed E-state index contributed by atoms with van der Waals surface area (Å²) in [5.41, 5.74) is 0.997. The second-order valence-electron chi connectivity index (χ2n) is 6.25. The molecule has 0 aliphatic carbocycles. The van der Waals surface area contributed by atoms with Gasteiger partial charge in [0.25, 0.3) is 0 Å². The Morgan fingerprint density at radius 2 is 2.52 bits per heavy atom. The molecule has 5 nitrogen and oxygen atoms in total. The van der Waals surface area contributed by atoms with Gasteiger partial charge in [-0.3, -0.25) is 9.48 Å². The number of aryl methyl sites for hydroxylation is 1. The molecule has 0 radical (unpaired) electrons. The monoisotopic (exact) mass is 309 g/mol. The zero-order valence-corrected chi connectivity index (χ0v) is 13.5. The number of aromatic nitrogens is 2. The molecule has 2 aliphatic rings. The Balaban J connectivity index is 1.60. The fraction of sp³-hybridized carbons (Fsp3) is 0.733. The van der Waals surface area contributed by atoms with Crippen LogP contribution in [-0.2, 0) is 16.6 Å². The summed E-state index contributed by atoms with van der Waals surface area (Å²) < 4.78 is 7.72. The maximum atomic E-state index is 12.5. The van der Waals surface area contributed by atoms with E-state index < -0.39 is 0 Å². The van der Waals surface area contributed by atoms with Gasteiger partial charge in [0.2, 0.25) is 5.91 Å². The highest BCUT2D eigenvalue weighted by atomic mass is 32.2. The lowest BCUT2D eigenvalue weighted by Crippen LogP contribution is -2.40. The van der Waals surface area contributed by atoms with Crippen LogP contribution in [0.25, 0.3) is 0 Å². The predicted octanol–water partition coefficient (Wildman–Crippen LogP) is 1.90. The van der Waals surface area contributed by atoms with Gasteiger partial charge in [0.05, 0.1) is 18.2 Å². The molecule has 3 rings (SSSR count). The van der Waals surface area contributed by atoms with Crippen molar-refractivity contribution in [2.45, 2.75) is 37.0 Å². The third-order valence-electron chi connectivity index (χ3n) is 4.42. The molecule has 1 N–H and O–H groups in total. The van der Waals surface area contributed by atoms with Gasteiger partial charge in [0, 0.05) is 36.7 Å². The van der Waals surface area contributed by atoms with Crippen molar-refractivity contribution in [1.29, 1.82) is 0 Å². The number of carbonyl (C=O) groups is 1. The summed E-state index contributed by atoms with van der Waals surface area (Å²) in [6.07, 6.45) is 6.81. The lowest BCUT2D eigenvalue weighted by Gasteiger charge is -2.25. The standard InChI is InChI=1S/C15H23N3O2S/c1-15(5-3-7-21-15)10-16-14(19)12-4-6-20-13(12)11-8-17-18(2)9-11/h8-9,12-13H,3-7,10H2,1-2H3,(H,16,19)/t12-,13+,15-/m0/s1. The van der Waals surface area contributed by atoms with Gasteiger partial charge in [0.15, 0.2) is 0 Å². The van der Waals surface area contributed by atoms with Crippen molar-refractivity contribution in [2.24, 2.45) is 13.0 Å². The quantitative estimate of drug-likeness (QED) is 0.923. The van der Waals surface area contributed by atoms with Gasteiger partial charge >= 0.3 is 0 Å². The van der Waals surface area contributed by atoms with E-state index in [0.717, 1.165) is 18.5 Å². The first-order chi connectivity index (χ1) is 10.1. The number of nitrogens with zero attached hydrogens (tertiary/aromatic N) is 2. The third kappa shape index (κ3) is 3.26. The van der Waals surface area contributed by atoms with E-state index in [9.17, 15) is 4.79 Å². The molecule has 0 aromatic carbocycles. The van der Waals surface area contributed by atoms with Crippen LogP contribution in [0, 0.1) is 5.92 Å². The van der Waals surface area contributed by atoms with Gasteiger partial charge in [-0.2, -0.15) is 16.9 Å². The summed E-state index contributed by atoms with van der Waals surface area (Å²) in [6.45, 7) is 3.64. The molecule has 3 heterocycles. The number of nitrogens with one attached hydrogen (secondary N) is 1. The second-order valence-corrected chi connectivity index (χ2v) is 7.94. The molecule has 3 atom stereocenters. The number of rotatable bonds is 4. The number of hydrogen-bond donors (Lipinski definition) is 1. The molecule has 1 aromatic heterocycles. The minimum absolute atomic E-state index is 0.0933. The summed E-state index contributed by atoms with van der Waals surface area (Å²) >= 11 is 1.97. The Morgan fingerprint density at radius 1 is 1.67 bits per heavy atom. The van der Waals surface area contributed by atoms with Gasteiger partial charge in [-0.15, -0.1) is 0 Å². The molecule has 2 aliphatic heterocycles. The van der Waals surface area contributed by atoms with Crippen molar-refractivity contribution < 1.29 is 9.53 Å². The number of thioether (sulfide) groups is 1. The fourth-order valence-electron chi connectivity index (χ4n) is 3.16. The molecule has 2 saturated heterocycles. The van der Waals surface area contributed by atoms with Gasteiger partial charge in [-0.1, -0.05) is 0 Å². The first-order valence-electron chi connectivity index (χ1n) is 7.59. The molecule has 0 bridgehead atoms. The SMILES string of the molecule is Cn1cc([C@H]2OCC[C@@H]2C(=O)NC[C@]2(C)CCCS2)cn1. The first kappa shape index (κ1) is 14.9. The molecule has 1 aromatic rings. The lowest BCUT2D eigenvalue weighted by atomic mass is 9.96. The minimum atomic E-state index is -0.150. The molecular weight excluding hydrogens is 286 g/mol. The van der Waals surface area contributed by atoms with Gasteiger partial charge in [0.1, 0.15) is 0 Å². The van der Waals surface area contributed by atoms with E-state index in [4.69, 9.17) is 4.74 Å². The Morgan fingerprint density at radius 3 is 3.19 bits per heavy atom. The minimum Gasteiger partial charge on any atom is -0.373 e. The van der Waals surface area contributed by atoms with Crippen LogP contribution in [0.3, 0.4) is 0 Å². The number of hydrogen-bond acceptors (Lipinski definition) is 4. The third-order valence-corrected chi connectivity index (χ3v) is 5.96. The highest BCUT2D eigenvalue weighted by Gasteiger charge is 2.37. The Bertz CT molecular complexity index is 511. The molecule has 2 fully saturated rings. The zero-order chi connectivity index (χ0) is 14.9. The van der Waals surface area contributed by atoms with Crippen LogP contribution in [0.1, 0.15) is 37.9 Å². The van der Waals surface area contributed by atoms with Gasteiger partial charge in [-0.05, 0) is 31.9 Å². The predicted molar refractivity (Wildman–Crippen MR) is 83.1 cm³/mol. The van der Waals surface area contributed by atoms with Crippen LogP contribution >= 0.6 is 11.8 Å². The average molecular weight is 309 g/mol. The lowest BCUT2D eigenvalue weighted by molar-refractivity contribution is -0.126. The highest BCUT2D eigenvalue weighted by Crippen LogP contribution is 2.38. The zero-order valence-electron chi connectivity index (χ0n) is 12.7. The summed E-state index contributed by atoms with van der Waals surface area (Å²) in [5.74, 6) is 1.23. The van der Waals surface area contributed by atoms with Crippen molar-refractivity contribution in [1.82, 2.24) is 15.1 Å². The van der Waals surface area contributed by atoms with Crippen LogP contribution in [0.4, 0.5) is 0 Å². The van der Waals surface area contributed by atoms with E-state index in [-0.39, 0.29) is 22.7 Å². The first-order valence-corrected chi connectivity index (χ1v) is 8.58. The van der Waals surface area contributed by atoms with Crippen molar-refractivity contribution >= 4 is 17.7 Å². The molecule has 0 saturated carbocycles. The van der Waals surface area contributed by atoms with E-state index in [1.165, 1.54) is 18.6 Å². The van der Waals surface area contributed by atoms with E-state index in [1.807, 2.05) is 25.0 Å².